The van der Waals surface area contributed by atoms with E-state index in [-0.39, 0.29) is 0 Å². The lowest BCUT2D eigenvalue weighted by molar-refractivity contribution is -0.113. The molecule has 0 heterocycles. The zero-order valence-corrected chi connectivity index (χ0v) is 10.2. The van der Waals surface area contributed by atoms with Gasteiger partial charge in [-0.1, -0.05) is 58.0 Å². The van der Waals surface area contributed by atoms with E-state index in [0.29, 0.717) is 5.56 Å². The molecule has 0 unspecified atom stereocenters. The van der Waals surface area contributed by atoms with Crippen LogP contribution >= 0.6 is 0 Å². The molecule has 2 nitrogen and oxygen atoms in total. The maximum absolute atomic E-state index is 11.0. The van der Waals surface area contributed by atoms with Gasteiger partial charge >= 0.3 is 0 Å². The lowest BCUT2D eigenvalue weighted by Crippen LogP contribution is -2.08. The topological polar surface area (TPSA) is 34.1 Å². The molecule has 0 aromatic heterocycles. The second-order valence-corrected chi connectivity index (χ2v) is 2.25. The van der Waals surface area contributed by atoms with Crippen LogP contribution in [0.4, 0.5) is 0 Å². The van der Waals surface area contributed by atoms with Crippen LogP contribution < -0.4 is 0 Å². The van der Waals surface area contributed by atoms with Crippen molar-refractivity contribution in [3.63, 3.8) is 0 Å². The fourth-order valence-electron chi connectivity index (χ4n) is 0.793. The zero-order chi connectivity index (χ0) is 12.3. The first-order valence-electron chi connectivity index (χ1n) is 5.32. The summed E-state index contributed by atoms with van der Waals surface area (Å²) in [6.45, 7) is 9.27. The molecule has 0 spiro atoms. The van der Waals surface area contributed by atoms with Crippen molar-refractivity contribution in [2.75, 3.05) is 0 Å². The van der Waals surface area contributed by atoms with Crippen molar-refractivity contribution in [1.82, 2.24) is 0 Å². The Bertz CT molecular complexity index is 276. The summed E-state index contributed by atoms with van der Waals surface area (Å²) in [4.78, 5) is 21.6. The van der Waals surface area contributed by atoms with Gasteiger partial charge in [0, 0.05) is 12.5 Å². The molecule has 0 saturated heterocycles. The summed E-state index contributed by atoms with van der Waals surface area (Å²) in [5, 5.41) is 0. The van der Waals surface area contributed by atoms with Gasteiger partial charge in [-0.05, 0) is 0 Å². The van der Waals surface area contributed by atoms with Crippen molar-refractivity contribution >= 4 is 11.6 Å². The van der Waals surface area contributed by atoms with E-state index in [1.54, 1.807) is 30.3 Å². The average molecular weight is 208 g/mol. The molecule has 0 saturated carbocycles. The minimum atomic E-state index is -0.425. The van der Waals surface area contributed by atoms with Crippen molar-refractivity contribution in [2.24, 2.45) is 0 Å². The molecule has 0 amide bonds. The maximum atomic E-state index is 11.0. The third-order valence-corrected chi connectivity index (χ3v) is 1.36. The van der Waals surface area contributed by atoms with Gasteiger partial charge in [0.25, 0.3) is 0 Å². The highest BCUT2D eigenvalue weighted by Crippen LogP contribution is 1.99. The van der Waals surface area contributed by atoms with Crippen LogP contribution in [-0.4, -0.2) is 11.6 Å². The molecular formula is C13H20O2. The van der Waals surface area contributed by atoms with E-state index in [1.165, 1.54) is 6.92 Å². The summed E-state index contributed by atoms with van der Waals surface area (Å²) in [7, 11) is 0. The molecule has 0 fully saturated rings. The van der Waals surface area contributed by atoms with Crippen LogP contribution in [0.1, 0.15) is 45.0 Å². The van der Waals surface area contributed by atoms with Gasteiger partial charge < -0.3 is 0 Å². The first kappa shape index (κ1) is 16.0. The Kier molecular flexibility index (Phi) is 11.4. The second kappa shape index (κ2) is 10.6. The Morgan fingerprint density at radius 2 is 1.27 bits per heavy atom. The van der Waals surface area contributed by atoms with Gasteiger partial charge in [-0.15, -0.1) is 0 Å². The second-order valence-electron chi connectivity index (χ2n) is 2.25. The molecule has 0 atom stereocenters. The molecule has 15 heavy (non-hydrogen) atoms. The summed E-state index contributed by atoms with van der Waals surface area (Å²) in [5.74, 6) is -0.846. The highest BCUT2D eigenvalue weighted by atomic mass is 16.2. The van der Waals surface area contributed by atoms with Crippen LogP contribution in [0.2, 0.25) is 0 Å². The van der Waals surface area contributed by atoms with Gasteiger partial charge in [-0.25, -0.2) is 0 Å². The fourth-order valence-corrected chi connectivity index (χ4v) is 0.793. The molecule has 1 rings (SSSR count). The van der Waals surface area contributed by atoms with E-state index >= 15 is 0 Å². The fraction of sp³-hybridized carbons (Fsp3) is 0.385. The van der Waals surface area contributed by atoms with Crippen molar-refractivity contribution in [3.8, 4) is 0 Å². The highest BCUT2D eigenvalue weighted by molar-refractivity contribution is 6.42. The monoisotopic (exact) mass is 208 g/mol. The molecule has 0 N–H and O–H groups in total. The van der Waals surface area contributed by atoms with Gasteiger partial charge in [0.2, 0.25) is 5.78 Å². The molecule has 0 aliphatic carbocycles. The van der Waals surface area contributed by atoms with Crippen molar-refractivity contribution in [3.05, 3.63) is 35.9 Å². The Labute approximate surface area is 92.3 Å². The van der Waals surface area contributed by atoms with E-state index in [9.17, 15) is 9.59 Å². The number of benzene rings is 1. The maximum Gasteiger partial charge on any atom is 0.228 e. The van der Waals surface area contributed by atoms with Gasteiger partial charge in [-0.2, -0.15) is 0 Å². The van der Waals surface area contributed by atoms with Crippen LogP contribution in [0, 0.1) is 0 Å². The van der Waals surface area contributed by atoms with E-state index < -0.39 is 11.6 Å². The highest BCUT2D eigenvalue weighted by Gasteiger charge is 2.08. The smallest absolute Gasteiger partial charge is 0.228 e. The number of Topliss-reactive ketones (excluding diaryl/α,β-unsaturated/α-hetero) is 2. The van der Waals surface area contributed by atoms with Crippen LogP contribution in [0.5, 0.6) is 0 Å². The summed E-state index contributed by atoms with van der Waals surface area (Å²) < 4.78 is 0. The molecular weight excluding hydrogens is 188 g/mol. The Hall–Kier alpha value is -1.44. The third kappa shape index (κ3) is 6.61. The van der Waals surface area contributed by atoms with Crippen LogP contribution in [0.15, 0.2) is 30.3 Å². The predicted octanol–water partition coefficient (Wildman–Crippen LogP) is 3.51. The van der Waals surface area contributed by atoms with Gasteiger partial charge in [0.05, 0.1) is 0 Å². The lowest BCUT2D eigenvalue weighted by Gasteiger charge is -1.93. The number of rotatable bonds is 2. The minimum absolute atomic E-state index is 0.420. The van der Waals surface area contributed by atoms with Crippen LogP contribution in [0.25, 0.3) is 0 Å². The summed E-state index contributed by atoms with van der Waals surface area (Å²) in [6.07, 6.45) is 0. The van der Waals surface area contributed by atoms with Gasteiger partial charge in [-0.3, -0.25) is 9.59 Å². The summed E-state index contributed by atoms with van der Waals surface area (Å²) in [6, 6.07) is 8.52. The predicted molar refractivity (Wildman–Crippen MR) is 64.1 cm³/mol. The normalized spacial score (nSPS) is 7.53. The zero-order valence-electron chi connectivity index (χ0n) is 10.2. The van der Waals surface area contributed by atoms with Crippen molar-refractivity contribution < 1.29 is 9.59 Å². The molecule has 1 aromatic carbocycles. The van der Waals surface area contributed by atoms with Crippen LogP contribution in [0.3, 0.4) is 0 Å². The minimum Gasteiger partial charge on any atom is -0.291 e. The number of hydrogen-bond donors (Lipinski definition) is 0. The first-order chi connectivity index (χ1) is 7.22. The summed E-state index contributed by atoms with van der Waals surface area (Å²) in [5.41, 5.74) is 0.458. The van der Waals surface area contributed by atoms with E-state index in [1.807, 2.05) is 27.7 Å². The standard InChI is InChI=1S/C9H8O2.2C2H6/c1-7(10)9(11)8-5-3-2-4-6-8;2*1-2/h2-6H,1H3;2*1-2H3. The SMILES string of the molecule is CC.CC.CC(=O)C(=O)c1ccccc1. The molecule has 2 heteroatoms. The van der Waals surface area contributed by atoms with E-state index in [2.05, 4.69) is 0 Å². The molecule has 0 aliphatic heterocycles. The van der Waals surface area contributed by atoms with E-state index in [0.717, 1.165) is 0 Å². The third-order valence-electron chi connectivity index (χ3n) is 1.36. The van der Waals surface area contributed by atoms with Crippen molar-refractivity contribution in [1.29, 1.82) is 0 Å². The largest absolute Gasteiger partial charge is 0.291 e. The Morgan fingerprint density at radius 3 is 1.60 bits per heavy atom. The number of carbonyl (C=O) groups is 2. The first-order valence-corrected chi connectivity index (χ1v) is 5.32. The Morgan fingerprint density at radius 1 is 0.867 bits per heavy atom. The quantitative estimate of drug-likeness (QED) is 0.550. The lowest BCUT2D eigenvalue weighted by atomic mass is 10.1. The molecule has 0 radical (unpaired) electrons. The number of ketones is 2. The summed E-state index contributed by atoms with van der Waals surface area (Å²) >= 11 is 0. The molecule has 84 valence electrons. The molecule has 1 aromatic rings. The number of carbonyl (C=O) groups excluding carboxylic acids is 2. The number of hydrogen-bond acceptors (Lipinski definition) is 2. The Balaban J connectivity index is 0. The van der Waals surface area contributed by atoms with Crippen molar-refractivity contribution in [2.45, 2.75) is 34.6 Å². The average Bonchev–Trinajstić information content (AvgIpc) is 2.34. The van der Waals surface area contributed by atoms with E-state index in [4.69, 9.17) is 0 Å². The molecule has 0 bridgehead atoms. The molecule has 0 aliphatic rings. The van der Waals surface area contributed by atoms with Gasteiger partial charge in [0.15, 0.2) is 5.78 Å². The van der Waals surface area contributed by atoms with Gasteiger partial charge in [0.1, 0.15) is 0 Å². The van der Waals surface area contributed by atoms with Crippen LogP contribution in [-0.2, 0) is 4.79 Å².